The number of nitrogens with one attached hydrogen (secondary N) is 1. The number of aryl methyl sites for hydroxylation is 3. The fourth-order valence-corrected chi connectivity index (χ4v) is 3.29. The lowest BCUT2D eigenvalue weighted by Crippen LogP contribution is -2.21. The van der Waals surface area contributed by atoms with Crippen LogP contribution in [0.15, 0.2) is 41.7 Å². The van der Waals surface area contributed by atoms with E-state index in [2.05, 4.69) is 15.2 Å². The van der Waals surface area contributed by atoms with E-state index in [9.17, 15) is 4.79 Å². The molecule has 3 heterocycles. The first-order chi connectivity index (χ1) is 11.6. The number of hydrogen-bond donors (Lipinski definition) is 1. The van der Waals surface area contributed by atoms with Crippen LogP contribution in [0.2, 0.25) is 5.02 Å². The fraction of sp³-hybridized carbons (Fsp3) is 0.235. The van der Waals surface area contributed by atoms with E-state index < -0.39 is 0 Å². The highest BCUT2D eigenvalue weighted by Gasteiger charge is 2.15. The van der Waals surface area contributed by atoms with Crippen LogP contribution < -0.4 is 5.56 Å². The molecule has 122 valence electrons. The highest BCUT2D eigenvalue weighted by Crippen LogP contribution is 2.25. The summed E-state index contributed by atoms with van der Waals surface area (Å²) in [4.78, 5) is 17.0. The van der Waals surface area contributed by atoms with Gasteiger partial charge in [-0.15, -0.1) is 0 Å². The Kier molecular flexibility index (Phi) is 3.61. The van der Waals surface area contributed by atoms with E-state index in [1.54, 1.807) is 18.6 Å². The van der Waals surface area contributed by atoms with Crippen LogP contribution in [0.3, 0.4) is 0 Å². The molecule has 3 aromatic heterocycles. The third-order valence-electron chi connectivity index (χ3n) is 4.27. The fourth-order valence-electron chi connectivity index (χ4n) is 3.12. The molecule has 6 nitrogen and oxygen atoms in total. The molecule has 0 atom stereocenters. The Labute approximate surface area is 142 Å². The summed E-state index contributed by atoms with van der Waals surface area (Å²) >= 11 is 6.15. The topological polar surface area (TPSA) is 68.5 Å². The molecule has 7 heteroatoms. The minimum Gasteiger partial charge on any atom is -0.337 e. The van der Waals surface area contributed by atoms with Crippen molar-refractivity contribution in [3.63, 3.8) is 0 Å². The molecule has 0 saturated carbocycles. The Morgan fingerprint density at radius 3 is 2.96 bits per heavy atom. The van der Waals surface area contributed by atoms with Gasteiger partial charge in [0, 0.05) is 41.6 Å². The predicted octanol–water partition coefficient (Wildman–Crippen LogP) is 3.13. The summed E-state index contributed by atoms with van der Waals surface area (Å²) in [6.07, 6.45) is 6.29. The molecule has 0 fully saturated rings. The van der Waals surface area contributed by atoms with Crippen LogP contribution in [0.4, 0.5) is 0 Å². The lowest BCUT2D eigenvalue weighted by atomic mass is 10.1. The molecular weight excluding hydrogens is 326 g/mol. The Hall–Kier alpha value is -2.60. The summed E-state index contributed by atoms with van der Waals surface area (Å²) in [7, 11) is 0. The molecule has 0 bridgehead atoms. The number of pyridine rings is 1. The van der Waals surface area contributed by atoms with E-state index in [-0.39, 0.29) is 5.56 Å². The number of aromatic nitrogens is 5. The molecule has 0 amide bonds. The average molecular weight is 342 g/mol. The van der Waals surface area contributed by atoms with Crippen LogP contribution in [0.25, 0.3) is 21.8 Å². The van der Waals surface area contributed by atoms with Gasteiger partial charge in [0.25, 0.3) is 5.56 Å². The van der Waals surface area contributed by atoms with Crippen molar-refractivity contribution >= 4 is 33.4 Å². The number of H-pyrrole nitrogens is 1. The zero-order valence-electron chi connectivity index (χ0n) is 13.2. The molecule has 4 rings (SSSR count). The first kappa shape index (κ1) is 15.0. The first-order valence-electron chi connectivity index (χ1n) is 7.77. The van der Waals surface area contributed by atoms with Crippen LogP contribution in [-0.2, 0) is 13.1 Å². The Morgan fingerprint density at radius 1 is 1.29 bits per heavy atom. The summed E-state index contributed by atoms with van der Waals surface area (Å²) in [5.41, 5.74) is 2.30. The SMILES string of the molecule is Cc1[nH]nc2c1c(=O)n(CCCn1ccnc1)c1ccc(Cl)cc21. The molecule has 0 aliphatic heterocycles. The van der Waals surface area contributed by atoms with Crippen LogP contribution in [0.1, 0.15) is 12.1 Å². The Bertz CT molecular complexity index is 1080. The quantitative estimate of drug-likeness (QED) is 0.620. The number of rotatable bonds is 4. The standard InChI is InChI=1S/C17H16ClN5O/c1-11-15-16(21-20-11)13-9-12(18)3-4-14(13)23(17(15)24)7-2-6-22-8-5-19-10-22/h3-5,8-10H,2,6-7H2,1H3,(H,20,21). The van der Waals surface area contributed by atoms with Gasteiger partial charge in [0.05, 0.1) is 17.2 Å². The van der Waals surface area contributed by atoms with E-state index in [0.717, 1.165) is 29.6 Å². The summed E-state index contributed by atoms with van der Waals surface area (Å²) in [6, 6.07) is 5.56. The second-order valence-corrected chi connectivity index (χ2v) is 6.28. The first-order valence-corrected chi connectivity index (χ1v) is 8.15. The van der Waals surface area contributed by atoms with Crippen molar-refractivity contribution in [2.45, 2.75) is 26.4 Å². The third kappa shape index (κ3) is 2.39. The van der Waals surface area contributed by atoms with E-state index >= 15 is 0 Å². The molecule has 1 aromatic carbocycles. The van der Waals surface area contributed by atoms with Crippen molar-refractivity contribution in [2.24, 2.45) is 0 Å². The van der Waals surface area contributed by atoms with Gasteiger partial charge in [-0.05, 0) is 31.5 Å². The predicted molar refractivity (Wildman–Crippen MR) is 94.5 cm³/mol. The van der Waals surface area contributed by atoms with Crippen molar-refractivity contribution in [1.29, 1.82) is 0 Å². The zero-order chi connectivity index (χ0) is 16.7. The molecule has 1 N–H and O–H groups in total. The van der Waals surface area contributed by atoms with Crippen LogP contribution >= 0.6 is 11.6 Å². The molecule has 0 unspecified atom stereocenters. The van der Waals surface area contributed by atoms with Gasteiger partial charge in [-0.25, -0.2) is 4.98 Å². The maximum atomic E-state index is 13.0. The van der Waals surface area contributed by atoms with Gasteiger partial charge in [0.2, 0.25) is 0 Å². The highest BCUT2D eigenvalue weighted by molar-refractivity contribution is 6.31. The molecule has 0 radical (unpaired) electrons. The van der Waals surface area contributed by atoms with Crippen molar-refractivity contribution in [2.75, 3.05) is 0 Å². The minimum absolute atomic E-state index is 0.0169. The summed E-state index contributed by atoms with van der Waals surface area (Å²) in [5.74, 6) is 0. The van der Waals surface area contributed by atoms with E-state index in [4.69, 9.17) is 11.6 Å². The number of aromatic amines is 1. The Balaban J connectivity index is 1.84. The normalized spacial score (nSPS) is 11.6. The largest absolute Gasteiger partial charge is 0.337 e. The van der Waals surface area contributed by atoms with Crippen LogP contribution in [0, 0.1) is 6.92 Å². The smallest absolute Gasteiger partial charge is 0.262 e. The zero-order valence-corrected chi connectivity index (χ0v) is 13.9. The van der Waals surface area contributed by atoms with Crippen molar-refractivity contribution in [3.05, 3.63) is 58.0 Å². The van der Waals surface area contributed by atoms with Gasteiger partial charge in [-0.2, -0.15) is 5.10 Å². The van der Waals surface area contributed by atoms with Crippen molar-refractivity contribution in [3.8, 4) is 0 Å². The van der Waals surface area contributed by atoms with E-state index in [1.807, 2.05) is 34.4 Å². The number of nitrogens with zero attached hydrogens (tertiary/aromatic N) is 4. The number of hydrogen-bond acceptors (Lipinski definition) is 3. The lowest BCUT2D eigenvalue weighted by Gasteiger charge is -2.12. The summed E-state index contributed by atoms with van der Waals surface area (Å²) in [5, 5.41) is 9.37. The second-order valence-electron chi connectivity index (χ2n) is 5.84. The highest BCUT2D eigenvalue weighted by atomic mass is 35.5. The maximum absolute atomic E-state index is 13.0. The average Bonchev–Trinajstić information content (AvgIpc) is 3.21. The number of imidazole rings is 1. The molecule has 0 aliphatic carbocycles. The summed E-state index contributed by atoms with van der Waals surface area (Å²) < 4.78 is 3.82. The monoisotopic (exact) mass is 341 g/mol. The number of halogens is 1. The summed E-state index contributed by atoms with van der Waals surface area (Å²) in [6.45, 7) is 3.29. The third-order valence-corrected chi connectivity index (χ3v) is 4.50. The molecule has 0 saturated heterocycles. The maximum Gasteiger partial charge on any atom is 0.262 e. The Morgan fingerprint density at radius 2 is 2.17 bits per heavy atom. The number of fused-ring (bicyclic) bond motifs is 3. The van der Waals surface area contributed by atoms with Gasteiger partial charge in [0.1, 0.15) is 5.52 Å². The van der Waals surface area contributed by atoms with Gasteiger partial charge >= 0.3 is 0 Å². The minimum atomic E-state index is -0.0169. The van der Waals surface area contributed by atoms with Gasteiger partial charge in [-0.1, -0.05) is 11.6 Å². The second kappa shape index (κ2) is 5.79. The van der Waals surface area contributed by atoms with Gasteiger partial charge < -0.3 is 9.13 Å². The lowest BCUT2D eigenvalue weighted by molar-refractivity contribution is 0.565. The van der Waals surface area contributed by atoms with Gasteiger partial charge in [-0.3, -0.25) is 9.89 Å². The van der Waals surface area contributed by atoms with E-state index in [1.165, 1.54) is 0 Å². The van der Waals surface area contributed by atoms with Gasteiger partial charge in [0.15, 0.2) is 0 Å². The number of benzene rings is 1. The molecule has 4 aromatic rings. The van der Waals surface area contributed by atoms with Crippen molar-refractivity contribution < 1.29 is 0 Å². The van der Waals surface area contributed by atoms with Crippen LogP contribution in [-0.4, -0.2) is 24.3 Å². The molecular formula is C17H16ClN5O. The molecule has 0 spiro atoms. The van der Waals surface area contributed by atoms with Crippen LogP contribution in [0.5, 0.6) is 0 Å². The molecule has 24 heavy (non-hydrogen) atoms. The molecule has 0 aliphatic rings. The van der Waals surface area contributed by atoms with E-state index in [0.29, 0.717) is 22.5 Å². The van der Waals surface area contributed by atoms with Crippen molar-refractivity contribution in [1.82, 2.24) is 24.3 Å².